The summed E-state index contributed by atoms with van der Waals surface area (Å²) in [5, 5.41) is 9.96. The SMILES string of the molecule is CCC1/C(C2CCc3cc4c5c(c3-c3ccccc32)-c2ccccc2C2C5C2(C)c2ccccc2-4)=C\CCc2cccnc2C1c1cccc(C#N)c1. The van der Waals surface area contributed by atoms with Gasteiger partial charge in [0.1, 0.15) is 0 Å². The first kappa shape index (κ1) is 31.0. The number of fused-ring (bicyclic) bond motifs is 12. The first-order valence-electron chi connectivity index (χ1n) is 19.7. The Morgan fingerprint density at radius 1 is 0.736 bits per heavy atom. The molecule has 0 radical (unpaired) electrons. The van der Waals surface area contributed by atoms with E-state index in [0.29, 0.717) is 17.4 Å². The fraction of sp³-hybridized carbons (Fsp3) is 0.255. The van der Waals surface area contributed by atoms with Gasteiger partial charge in [0.15, 0.2) is 0 Å². The summed E-state index contributed by atoms with van der Waals surface area (Å²) in [6.45, 7) is 4.89. The van der Waals surface area contributed by atoms with Crippen molar-refractivity contribution >= 4 is 0 Å². The maximum absolute atomic E-state index is 9.96. The molecule has 0 N–H and O–H groups in total. The molecule has 6 aromatic rings. The number of allylic oxidation sites excluding steroid dienone is 2. The predicted octanol–water partition coefficient (Wildman–Crippen LogP) is 12.2. The average Bonchev–Trinajstić information content (AvgIpc) is 3.89. The maximum atomic E-state index is 9.96. The van der Waals surface area contributed by atoms with E-state index in [4.69, 9.17) is 4.98 Å². The van der Waals surface area contributed by atoms with Crippen molar-refractivity contribution in [2.24, 2.45) is 5.92 Å². The molecule has 0 bridgehead atoms. The normalized spacial score (nSPS) is 26.3. The molecule has 5 aliphatic rings. The standard InChI is InChI=1S/C51H42N2/c1-3-34-35(22-11-14-31-16-12-26-53-50(31)45(34)32-15-10-13-30(27-32)29-52)37-25-24-33-28-42-38-18-8-9-23-43(38)51(2)48-41-21-7-6-20-40(41)46(47(42)49(48)51)44(33)39-19-5-4-17-36(37)39/h4-10,12-13,15-23,26-28,34,37,45,48-49H,3,11,14,24-25H2,1-2H3/b35-22+. The van der Waals surface area contributed by atoms with Crippen molar-refractivity contribution in [3.63, 3.8) is 0 Å². The lowest BCUT2D eigenvalue weighted by Gasteiger charge is -2.36. The second-order valence-electron chi connectivity index (χ2n) is 16.3. The van der Waals surface area contributed by atoms with Crippen LogP contribution < -0.4 is 0 Å². The van der Waals surface area contributed by atoms with Crippen LogP contribution in [0, 0.1) is 17.2 Å². The zero-order valence-electron chi connectivity index (χ0n) is 30.4. The van der Waals surface area contributed by atoms with Crippen molar-refractivity contribution in [2.75, 3.05) is 0 Å². The van der Waals surface area contributed by atoms with Crippen LogP contribution in [0.25, 0.3) is 33.4 Å². The molecule has 0 spiro atoms. The number of benzene rings is 5. The third-order valence-corrected chi connectivity index (χ3v) is 14.0. The van der Waals surface area contributed by atoms with E-state index in [2.05, 4.69) is 135 Å². The van der Waals surface area contributed by atoms with Gasteiger partial charge in [-0.1, -0.05) is 123 Å². The number of aryl methyl sites for hydroxylation is 2. The molecule has 1 fully saturated rings. The van der Waals surface area contributed by atoms with Gasteiger partial charge in [-0.15, -0.1) is 0 Å². The number of rotatable bonds is 3. The van der Waals surface area contributed by atoms with Crippen molar-refractivity contribution in [3.8, 4) is 39.4 Å². The van der Waals surface area contributed by atoms with Crippen LogP contribution in [0.15, 0.2) is 133 Å². The summed E-state index contributed by atoms with van der Waals surface area (Å²) in [4.78, 5) is 5.12. The molecule has 0 saturated heterocycles. The van der Waals surface area contributed by atoms with Crippen molar-refractivity contribution in [1.82, 2.24) is 4.98 Å². The fourth-order valence-corrected chi connectivity index (χ4v) is 11.9. The number of nitriles is 1. The van der Waals surface area contributed by atoms with E-state index >= 15 is 0 Å². The average molecular weight is 683 g/mol. The van der Waals surface area contributed by atoms with Gasteiger partial charge in [0.25, 0.3) is 0 Å². The lowest BCUT2D eigenvalue weighted by atomic mass is 9.68. The van der Waals surface area contributed by atoms with Gasteiger partial charge >= 0.3 is 0 Å². The molecule has 1 heterocycles. The lowest BCUT2D eigenvalue weighted by Crippen LogP contribution is -2.24. The fourth-order valence-electron chi connectivity index (χ4n) is 11.9. The zero-order valence-corrected chi connectivity index (χ0v) is 30.4. The Morgan fingerprint density at radius 3 is 2.34 bits per heavy atom. The highest BCUT2D eigenvalue weighted by atomic mass is 14.7. The molecule has 2 nitrogen and oxygen atoms in total. The van der Waals surface area contributed by atoms with Gasteiger partial charge in [0, 0.05) is 35.3 Å². The molecule has 1 saturated carbocycles. The Labute approximate surface area is 312 Å². The van der Waals surface area contributed by atoms with Gasteiger partial charge in [-0.05, 0) is 129 Å². The van der Waals surface area contributed by atoms with Gasteiger partial charge in [-0.3, -0.25) is 4.98 Å². The highest BCUT2D eigenvalue weighted by Gasteiger charge is 2.68. The number of pyridine rings is 1. The molecule has 0 amide bonds. The minimum atomic E-state index is 0.0789. The smallest absolute Gasteiger partial charge is 0.0991 e. The summed E-state index contributed by atoms with van der Waals surface area (Å²) in [6.07, 6.45) is 9.66. The molecule has 5 aliphatic carbocycles. The van der Waals surface area contributed by atoms with E-state index < -0.39 is 0 Å². The first-order chi connectivity index (χ1) is 26.1. The van der Waals surface area contributed by atoms with Crippen molar-refractivity contribution < 1.29 is 0 Å². The van der Waals surface area contributed by atoms with Gasteiger partial charge < -0.3 is 0 Å². The van der Waals surface area contributed by atoms with E-state index in [1.165, 1.54) is 72.5 Å². The van der Waals surface area contributed by atoms with Gasteiger partial charge in [-0.25, -0.2) is 0 Å². The summed E-state index contributed by atoms with van der Waals surface area (Å²) in [7, 11) is 0. The van der Waals surface area contributed by atoms with E-state index in [9.17, 15) is 5.26 Å². The molecular weight excluding hydrogens is 641 g/mol. The molecule has 6 atom stereocenters. The molecule has 6 unspecified atom stereocenters. The van der Waals surface area contributed by atoms with E-state index in [1.807, 2.05) is 12.3 Å². The highest BCUT2D eigenvalue weighted by molar-refractivity contribution is 6.01. The predicted molar refractivity (Wildman–Crippen MR) is 214 cm³/mol. The Balaban J connectivity index is 1.13. The quantitative estimate of drug-likeness (QED) is 0.174. The van der Waals surface area contributed by atoms with E-state index in [-0.39, 0.29) is 23.2 Å². The third kappa shape index (κ3) is 4.23. The zero-order chi connectivity index (χ0) is 35.4. The molecular formula is C51H42N2. The van der Waals surface area contributed by atoms with Gasteiger partial charge in [-0.2, -0.15) is 5.26 Å². The van der Waals surface area contributed by atoms with Crippen LogP contribution in [-0.4, -0.2) is 4.98 Å². The maximum Gasteiger partial charge on any atom is 0.0991 e. The number of hydrogen-bond acceptors (Lipinski definition) is 2. The number of nitrogens with zero attached hydrogens (tertiary/aromatic N) is 2. The van der Waals surface area contributed by atoms with E-state index in [1.54, 1.807) is 11.1 Å². The van der Waals surface area contributed by atoms with Crippen LogP contribution in [0.2, 0.25) is 0 Å². The van der Waals surface area contributed by atoms with Gasteiger partial charge in [0.05, 0.1) is 17.3 Å². The highest BCUT2D eigenvalue weighted by Crippen LogP contribution is 2.79. The molecule has 5 aromatic carbocycles. The van der Waals surface area contributed by atoms with Gasteiger partial charge in [0.2, 0.25) is 0 Å². The molecule has 1 aromatic heterocycles. The summed E-state index contributed by atoms with van der Waals surface area (Å²) in [6, 6.07) is 45.8. The van der Waals surface area contributed by atoms with Crippen LogP contribution >= 0.6 is 0 Å². The largest absolute Gasteiger partial charge is 0.260 e. The summed E-state index contributed by atoms with van der Waals surface area (Å²) in [5.74, 6) is 1.66. The third-order valence-electron chi connectivity index (χ3n) is 14.0. The Bertz CT molecular complexity index is 2580. The number of hydrogen-bond donors (Lipinski definition) is 0. The van der Waals surface area contributed by atoms with Crippen LogP contribution in [0.1, 0.15) is 107 Å². The summed E-state index contributed by atoms with van der Waals surface area (Å²) >= 11 is 0. The first-order valence-corrected chi connectivity index (χ1v) is 19.7. The van der Waals surface area contributed by atoms with Crippen LogP contribution in [0.5, 0.6) is 0 Å². The second-order valence-corrected chi connectivity index (χ2v) is 16.3. The van der Waals surface area contributed by atoms with Crippen LogP contribution in [-0.2, 0) is 18.3 Å². The van der Waals surface area contributed by atoms with Crippen LogP contribution in [0.3, 0.4) is 0 Å². The Kier molecular flexibility index (Phi) is 6.73. The van der Waals surface area contributed by atoms with Crippen molar-refractivity contribution in [1.29, 1.82) is 5.26 Å². The topological polar surface area (TPSA) is 36.7 Å². The van der Waals surface area contributed by atoms with Crippen LogP contribution in [0.4, 0.5) is 0 Å². The van der Waals surface area contributed by atoms with Crippen molar-refractivity contribution in [2.45, 2.75) is 75.0 Å². The number of aromatic nitrogens is 1. The van der Waals surface area contributed by atoms with Crippen molar-refractivity contribution in [3.05, 3.63) is 183 Å². The molecule has 11 rings (SSSR count). The minimum Gasteiger partial charge on any atom is -0.260 e. The molecule has 2 heteroatoms. The Hall–Kier alpha value is -5.52. The molecule has 53 heavy (non-hydrogen) atoms. The molecule has 256 valence electrons. The lowest BCUT2D eigenvalue weighted by molar-refractivity contribution is 0.464. The summed E-state index contributed by atoms with van der Waals surface area (Å²) in [5.41, 5.74) is 22.5. The minimum absolute atomic E-state index is 0.0789. The summed E-state index contributed by atoms with van der Waals surface area (Å²) < 4.78 is 0. The van der Waals surface area contributed by atoms with E-state index in [0.717, 1.165) is 32.1 Å². The molecule has 0 aliphatic heterocycles. The monoisotopic (exact) mass is 682 g/mol. The Morgan fingerprint density at radius 2 is 1.51 bits per heavy atom. The second kappa shape index (κ2) is 11.5.